The first-order valence-corrected chi connectivity index (χ1v) is 6.45. The van der Waals surface area contributed by atoms with Gasteiger partial charge in [-0.15, -0.1) is 0 Å². The van der Waals surface area contributed by atoms with Gasteiger partial charge >= 0.3 is 0 Å². The third-order valence-electron chi connectivity index (χ3n) is 2.11. The van der Waals surface area contributed by atoms with Gasteiger partial charge in [-0.3, -0.25) is 10.1 Å². The fourth-order valence-corrected chi connectivity index (χ4v) is 2.08. The van der Waals surface area contributed by atoms with Crippen LogP contribution in [0.1, 0.15) is 0 Å². The van der Waals surface area contributed by atoms with E-state index in [1.54, 1.807) is 12.1 Å². The maximum Gasteiger partial charge on any atom is 0.272 e. The molecule has 0 radical (unpaired) electrons. The summed E-state index contributed by atoms with van der Waals surface area (Å²) >= 11 is 15.0. The molecule has 0 fully saturated rings. The highest BCUT2D eigenvalue weighted by molar-refractivity contribution is 9.10. The van der Waals surface area contributed by atoms with Crippen LogP contribution in [0.4, 0.5) is 5.69 Å². The van der Waals surface area contributed by atoms with E-state index in [4.69, 9.17) is 27.9 Å². The van der Waals surface area contributed by atoms with Crippen LogP contribution in [-0.2, 0) is 0 Å². The van der Waals surface area contributed by atoms with Crippen molar-refractivity contribution in [1.82, 2.24) is 4.98 Å². The Bertz CT molecular complexity index is 611. The van der Waals surface area contributed by atoms with E-state index < -0.39 is 4.92 Å². The number of nitro groups is 1. The molecule has 1 aromatic carbocycles. The van der Waals surface area contributed by atoms with Gasteiger partial charge in [0.05, 0.1) is 21.2 Å². The predicted octanol–water partition coefficient (Wildman–Crippen LogP) is 4.85. The zero-order valence-corrected chi connectivity index (χ0v) is 12.2. The van der Waals surface area contributed by atoms with Gasteiger partial charge in [-0.25, -0.2) is 4.98 Å². The Kier molecular flexibility index (Phi) is 4.24. The lowest BCUT2D eigenvalue weighted by atomic mass is 10.3. The second-order valence-electron chi connectivity index (χ2n) is 3.41. The van der Waals surface area contributed by atoms with Gasteiger partial charge in [-0.05, 0) is 28.1 Å². The van der Waals surface area contributed by atoms with Crippen LogP contribution in [0.25, 0.3) is 0 Å². The van der Waals surface area contributed by atoms with Crippen LogP contribution in [0.2, 0.25) is 10.0 Å². The largest absolute Gasteiger partial charge is 0.453 e. The van der Waals surface area contributed by atoms with Crippen molar-refractivity contribution in [1.29, 1.82) is 0 Å². The Balaban J connectivity index is 2.35. The number of halogens is 3. The molecule has 0 aliphatic rings. The molecule has 0 saturated carbocycles. The number of aromatic nitrogens is 1. The number of non-ortho nitro benzene ring substituents is 1. The predicted molar refractivity (Wildman–Crippen MR) is 75.1 cm³/mol. The van der Waals surface area contributed by atoms with E-state index in [1.807, 2.05) is 0 Å². The van der Waals surface area contributed by atoms with Crippen molar-refractivity contribution < 1.29 is 9.66 Å². The Labute approximate surface area is 126 Å². The van der Waals surface area contributed by atoms with Crippen molar-refractivity contribution >= 4 is 44.8 Å². The van der Waals surface area contributed by atoms with E-state index >= 15 is 0 Å². The molecule has 0 aliphatic carbocycles. The van der Waals surface area contributed by atoms with Gasteiger partial charge in [0.25, 0.3) is 5.69 Å². The SMILES string of the molecule is O=[N+]([O-])c1cc(Cl)c(Oc2ccc(Br)nc2)c(Cl)c1. The van der Waals surface area contributed by atoms with E-state index in [1.165, 1.54) is 18.3 Å². The summed E-state index contributed by atoms with van der Waals surface area (Å²) in [7, 11) is 0. The first-order chi connectivity index (χ1) is 8.97. The molecule has 0 bridgehead atoms. The molecule has 0 atom stereocenters. The fourth-order valence-electron chi connectivity index (χ4n) is 1.29. The smallest absolute Gasteiger partial charge is 0.272 e. The number of pyridine rings is 1. The van der Waals surface area contributed by atoms with Crippen LogP contribution in [0.3, 0.4) is 0 Å². The lowest BCUT2D eigenvalue weighted by Crippen LogP contribution is -1.92. The number of nitro benzene ring substituents is 1. The monoisotopic (exact) mass is 362 g/mol. The third kappa shape index (κ3) is 3.34. The van der Waals surface area contributed by atoms with Crippen molar-refractivity contribution in [3.8, 4) is 11.5 Å². The van der Waals surface area contributed by atoms with Crippen LogP contribution in [-0.4, -0.2) is 9.91 Å². The molecule has 2 rings (SSSR count). The molecule has 0 aliphatic heterocycles. The highest BCUT2D eigenvalue weighted by atomic mass is 79.9. The van der Waals surface area contributed by atoms with Crippen molar-refractivity contribution in [2.75, 3.05) is 0 Å². The highest BCUT2D eigenvalue weighted by Gasteiger charge is 2.16. The zero-order valence-electron chi connectivity index (χ0n) is 9.14. The third-order valence-corrected chi connectivity index (χ3v) is 3.14. The van der Waals surface area contributed by atoms with Crippen LogP contribution >= 0.6 is 39.1 Å². The number of ether oxygens (including phenoxy) is 1. The second kappa shape index (κ2) is 5.73. The molecule has 1 aromatic heterocycles. The molecule has 0 unspecified atom stereocenters. The van der Waals surface area contributed by atoms with Crippen molar-refractivity contribution in [2.45, 2.75) is 0 Å². The van der Waals surface area contributed by atoms with Gasteiger partial charge in [0.1, 0.15) is 10.4 Å². The summed E-state index contributed by atoms with van der Waals surface area (Å²) in [4.78, 5) is 14.0. The zero-order chi connectivity index (χ0) is 14.0. The summed E-state index contributed by atoms with van der Waals surface area (Å²) in [6.07, 6.45) is 1.47. The molecule has 2 aromatic rings. The maximum absolute atomic E-state index is 10.6. The maximum atomic E-state index is 10.6. The van der Waals surface area contributed by atoms with Crippen molar-refractivity contribution in [3.05, 3.63) is 55.2 Å². The standard InChI is InChI=1S/C11H5BrCl2N2O3/c12-10-2-1-7(5-15-10)19-11-8(13)3-6(16(17)18)4-9(11)14/h1-5H. The molecular weight excluding hydrogens is 359 g/mol. The van der Waals surface area contributed by atoms with Gasteiger partial charge in [-0.1, -0.05) is 23.2 Å². The lowest BCUT2D eigenvalue weighted by molar-refractivity contribution is -0.384. The molecule has 0 saturated heterocycles. The highest BCUT2D eigenvalue weighted by Crippen LogP contribution is 2.39. The van der Waals surface area contributed by atoms with Gasteiger partial charge < -0.3 is 4.74 Å². The van der Waals surface area contributed by atoms with Gasteiger partial charge in [-0.2, -0.15) is 0 Å². The normalized spacial score (nSPS) is 10.3. The Morgan fingerprint density at radius 2 is 1.89 bits per heavy atom. The summed E-state index contributed by atoms with van der Waals surface area (Å²) in [5.41, 5.74) is -0.198. The molecule has 19 heavy (non-hydrogen) atoms. The molecule has 8 heteroatoms. The minimum atomic E-state index is -0.581. The molecule has 98 valence electrons. The van der Waals surface area contributed by atoms with Gasteiger partial charge in [0, 0.05) is 12.1 Å². The summed E-state index contributed by atoms with van der Waals surface area (Å²) in [5, 5.41) is 10.8. The van der Waals surface area contributed by atoms with Crippen molar-refractivity contribution in [2.24, 2.45) is 0 Å². The van der Waals surface area contributed by atoms with Crippen LogP contribution in [0.5, 0.6) is 11.5 Å². The molecule has 0 spiro atoms. The summed E-state index contributed by atoms with van der Waals surface area (Å²) < 4.78 is 6.11. The number of hydrogen-bond acceptors (Lipinski definition) is 4. The topological polar surface area (TPSA) is 65.3 Å². The molecule has 0 N–H and O–H groups in total. The number of benzene rings is 1. The molecule has 5 nitrogen and oxygen atoms in total. The quantitative estimate of drug-likeness (QED) is 0.444. The Hall–Kier alpha value is -1.37. The average Bonchev–Trinajstić information content (AvgIpc) is 2.35. The summed E-state index contributed by atoms with van der Waals surface area (Å²) in [6.45, 7) is 0. The van der Waals surface area contributed by atoms with Gasteiger partial charge in [0.2, 0.25) is 0 Å². The Morgan fingerprint density at radius 3 is 2.37 bits per heavy atom. The van der Waals surface area contributed by atoms with Crippen LogP contribution in [0.15, 0.2) is 35.1 Å². The minimum Gasteiger partial charge on any atom is -0.453 e. The number of nitrogens with zero attached hydrogens (tertiary/aromatic N) is 2. The van der Waals surface area contributed by atoms with Gasteiger partial charge in [0.15, 0.2) is 5.75 Å². The van der Waals surface area contributed by atoms with E-state index in [0.717, 1.165) is 0 Å². The minimum absolute atomic E-state index is 0.0575. The number of rotatable bonds is 3. The number of hydrogen-bond donors (Lipinski definition) is 0. The van der Waals surface area contributed by atoms with E-state index in [2.05, 4.69) is 20.9 Å². The van der Waals surface area contributed by atoms with E-state index in [9.17, 15) is 10.1 Å². The molecule has 0 amide bonds. The van der Waals surface area contributed by atoms with E-state index in [0.29, 0.717) is 10.4 Å². The average molecular weight is 364 g/mol. The summed E-state index contributed by atoms with van der Waals surface area (Å²) in [6, 6.07) is 5.69. The Morgan fingerprint density at radius 1 is 1.26 bits per heavy atom. The first kappa shape index (κ1) is 14.0. The molecular formula is C11H5BrCl2N2O3. The van der Waals surface area contributed by atoms with E-state index in [-0.39, 0.29) is 21.5 Å². The second-order valence-corrected chi connectivity index (χ2v) is 5.04. The van der Waals surface area contributed by atoms with Crippen molar-refractivity contribution in [3.63, 3.8) is 0 Å². The lowest BCUT2D eigenvalue weighted by Gasteiger charge is -2.09. The van der Waals surface area contributed by atoms with Crippen LogP contribution in [0, 0.1) is 10.1 Å². The van der Waals surface area contributed by atoms with Crippen LogP contribution < -0.4 is 4.74 Å². The first-order valence-electron chi connectivity index (χ1n) is 4.90. The summed E-state index contributed by atoms with van der Waals surface area (Å²) in [5.74, 6) is 0.568. The molecule has 1 heterocycles. The fraction of sp³-hybridized carbons (Fsp3) is 0.